The molecule has 5 heteroatoms. The third-order valence-electron chi connectivity index (χ3n) is 3.36. The van der Waals surface area contributed by atoms with Crippen LogP contribution in [0.2, 0.25) is 0 Å². The molecule has 2 rings (SSSR count). The van der Waals surface area contributed by atoms with Crippen molar-refractivity contribution in [3.05, 3.63) is 59.7 Å². The van der Waals surface area contributed by atoms with E-state index < -0.39 is 0 Å². The van der Waals surface area contributed by atoms with Gasteiger partial charge in [-0.25, -0.2) is 0 Å². The van der Waals surface area contributed by atoms with Gasteiger partial charge in [-0.15, -0.1) is 0 Å². The molecule has 2 aromatic carbocycles. The summed E-state index contributed by atoms with van der Waals surface area (Å²) in [7, 11) is 0. The zero-order valence-corrected chi connectivity index (χ0v) is 13.0. The van der Waals surface area contributed by atoms with Gasteiger partial charge in [0.2, 0.25) is 11.8 Å². The molecule has 0 heterocycles. The van der Waals surface area contributed by atoms with Gasteiger partial charge in [-0.05, 0) is 36.8 Å². The van der Waals surface area contributed by atoms with Crippen molar-refractivity contribution in [2.24, 2.45) is 0 Å². The van der Waals surface area contributed by atoms with Crippen molar-refractivity contribution in [1.29, 1.82) is 5.26 Å². The first-order valence-corrected chi connectivity index (χ1v) is 7.15. The normalized spacial score (nSPS) is 9.78. The summed E-state index contributed by atoms with van der Waals surface area (Å²) in [5.74, 6) is -0.529. The van der Waals surface area contributed by atoms with Crippen molar-refractivity contribution in [2.75, 3.05) is 16.8 Å². The van der Waals surface area contributed by atoms with Gasteiger partial charge in [0.15, 0.2) is 0 Å². The summed E-state index contributed by atoms with van der Waals surface area (Å²) in [6, 6.07) is 16.1. The number of nitrogens with one attached hydrogen (secondary N) is 1. The number of benzene rings is 2. The average molecular weight is 307 g/mol. The predicted molar refractivity (Wildman–Crippen MR) is 89.0 cm³/mol. The van der Waals surface area contributed by atoms with Crippen LogP contribution in [0.5, 0.6) is 0 Å². The molecule has 0 aliphatic rings. The summed E-state index contributed by atoms with van der Waals surface area (Å²) in [6.45, 7) is 3.23. The first kappa shape index (κ1) is 16.2. The number of amides is 2. The highest BCUT2D eigenvalue weighted by Gasteiger charge is 2.17. The van der Waals surface area contributed by atoms with E-state index in [2.05, 4.69) is 5.32 Å². The smallest absolute Gasteiger partial charge is 0.244 e. The van der Waals surface area contributed by atoms with Crippen LogP contribution in [0, 0.1) is 18.3 Å². The van der Waals surface area contributed by atoms with Crippen LogP contribution in [0.4, 0.5) is 11.4 Å². The number of hydrogen-bond acceptors (Lipinski definition) is 3. The summed E-state index contributed by atoms with van der Waals surface area (Å²) >= 11 is 0. The Kier molecular flexibility index (Phi) is 5.11. The number of aryl methyl sites for hydroxylation is 1. The van der Waals surface area contributed by atoms with Crippen LogP contribution in [0.1, 0.15) is 18.1 Å². The minimum atomic E-state index is -0.321. The maximum atomic E-state index is 12.2. The van der Waals surface area contributed by atoms with E-state index in [1.54, 1.807) is 30.3 Å². The maximum Gasteiger partial charge on any atom is 0.244 e. The number of rotatable bonds is 4. The van der Waals surface area contributed by atoms with Crippen LogP contribution in [0.3, 0.4) is 0 Å². The Morgan fingerprint density at radius 2 is 1.91 bits per heavy atom. The molecule has 0 spiro atoms. The Labute approximate surface area is 135 Å². The molecule has 0 fully saturated rings. The first-order valence-electron chi connectivity index (χ1n) is 7.15. The van der Waals surface area contributed by atoms with Gasteiger partial charge >= 0.3 is 0 Å². The van der Waals surface area contributed by atoms with E-state index in [0.29, 0.717) is 16.9 Å². The summed E-state index contributed by atoms with van der Waals surface area (Å²) in [4.78, 5) is 25.5. The minimum absolute atomic E-state index is 0.0863. The van der Waals surface area contributed by atoms with Crippen molar-refractivity contribution in [3.63, 3.8) is 0 Å². The second kappa shape index (κ2) is 7.23. The molecule has 1 N–H and O–H groups in total. The molecule has 0 radical (unpaired) electrons. The van der Waals surface area contributed by atoms with E-state index in [9.17, 15) is 9.59 Å². The van der Waals surface area contributed by atoms with Crippen LogP contribution in [-0.4, -0.2) is 18.4 Å². The molecule has 0 bridgehead atoms. The van der Waals surface area contributed by atoms with Gasteiger partial charge in [0.1, 0.15) is 6.54 Å². The Balaban J connectivity index is 2.14. The van der Waals surface area contributed by atoms with Gasteiger partial charge in [-0.2, -0.15) is 5.26 Å². The highest BCUT2D eigenvalue weighted by Crippen LogP contribution is 2.19. The molecule has 0 saturated carbocycles. The summed E-state index contributed by atoms with van der Waals surface area (Å²) in [5.41, 5.74) is 2.62. The number of para-hydroxylation sites is 1. The van der Waals surface area contributed by atoms with E-state index in [4.69, 9.17) is 5.26 Å². The molecule has 0 aromatic heterocycles. The number of nitrogens with zero attached hydrogens (tertiary/aromatic N) is 2. The van der Waals surface area contributed by atoms with Crippen LogP contribution in [-0.2, 0) is 9.59 Å². The topological polar surface area (TPSA) is 73.2 Å². The van der Waals surface area contributed by atoms with Gasteiger partial charge in [-0.1, -0.05) is 24.3 Å². The molecule has 0 unspecified atom stereocenters. The highest BCUT2D eigenvalue weighted by atomic mass is 16.2. The van der Waals surface area contributed by atoms with Crippen molar-refractivity contribution >= 4 is 23.2 Å². The number of anilines is 2. The van der Waals surface area contributed by atoms with Crippen molar-refractivity contribution < 1.29 is 9.59 Å². The van der Waals surface area contributed by atoms with Gasteiger partial charge in [-0.3, -0.25) is 9.59 Å². The lowest BCUT2D eigenvalue weighted by Gasteiger charge is -2.22. The lowest BCUT2D eigenvalue weighted by atomic mass is 10.1. The molecular formula is C18H17N3O2. The van der Waals surface area contributed by atoms with Crippen molar-refractivity contribution in [3.8, 4) is 6.07 Å². The Bertz CT molecular complexity index is 778. The second-order valence-electron chi connectivity index (χ2n) is 5.13. The molecule has 23 heavy (non-hydrogen) atoms. The minimum Gasteiger partial charge on any atom is -0.324 e. The van der Waals surface area contributed by atoms with Crippen molar-refractivity contribution in [2.45, 2.75) is 13.8 Å². The number of carbonyl (C=O) groups is 2. The van der Waals surface area contributed by atoms with Crippen molar-refractivity contribution in [1.82, 2.24) is 0 Å². The maximum absolute atomic E-state index is 12.2. The molecule has 0 aliphatic heterocycles. The standard InChI is InChI=1S/C18H17N3O2/c1-13-6-3-4-9-17(13)21(14(2)22)12-18(23)20-16-8-5-7-15(10-16)11-19/h3-10H,12H2,1-2H3,(H,20,23). The SMILES string of the molecule is CC(=O)N(CC(=O)Nc1cccc(C#N)c1)c1ccccc1C. The largest absolute Gasteiger partial charge is 0.324 e. The van der Waals surface area contributed by atoms with E-state index in [0.717, 1.165) is 5.56 Å². The quantitative estimate of drug-likeness (QED) is 0.944. The van der Waals surface area contributed by atoms with Gasteiger partial charge in [0.05, 0.1) is 11.6 Å². The van der Waals surface area contributed by atoms with Gasteiger partial charge in [0, 0.05) is 18.3 Å². The number of hydrogen-bond donors (Lipinski definition) is 1. The number of carbonyl (C=O) groups excluding carboxylic acids is 2. The van der Waals surface area contributed by atoms with E-state index in [-0.39, 0.29) is 18.4 Å². The monoisotopic (exact) mass is 307 g/mol. The average Bonchev–Trinajstić information content (AvgIpc) is 2.53. The van der Waals surface area contributed by atoms with E-state index in [1.807, 2.05) is 31.2 Å². The Hall–Kier alpha value is -3.13. The lowest BCUT2D eigenvalue weighted by molar-refractivity contribution is -0.120. The molecule has 5 nitrogen and oxygen atoms in total. The predicted octanol–water partition coefficient (Wildman–Crippen LogP) is 2.86. The van der Waals surface area contributed by atoms with Crippen LogP contribution < -0.4 is 10.2 Å². The fourth-order valence-corrected chi connectivity index (χ4v) is 2.24. The van der Waals surface area contributed by atoms with Gasteiger partial charge < -0.3 is 10.2 Å². The molecule has 2 amide bonds. The number of nitriles is 1. The summed E-state index contributed by atoms with van der Waals surface area (Å²) < 4.78 is 0. The summed E-state index contributed by atoms with van der Waals surface area (Å²) in [5, 5.41) is 11.6. The van der Waals surface area contributed by atoms with E-state index in [1.165, 1.54) is 11.8 Å². The van der Waals surface area contributed by atoms with E-state index >= 15 is 0 Å². The Morgan fingerprint density at radius 3 is 2.57 bits per heavy atom. The molecule has 2 aromatic rings. The second-order valence-corrected chi connectivity index (χ2v) is 5.13. The third-order valence-corrected chi connectivity index (χ3v) is 3.36. The summed E-state index contributed by atoms with van der Waals surface area (Å²) in [6.07, 6.45) is 0. The first-order chi connectivity index (χ1) is 11.0. The fourth-order valence-electron chi connectivity index (χ4n) is 2.24. The van der Waals surface area contributed by atoms with Crippen LogP contribution in [0.15, 0.2) is 48.5 Å². The lowest BCUT2D eigenvalue weighted by Crippen LogP contribution is -2.37. The zero-order valence-electron chi connectivity index (χ0n) is 13.0. The van der Waals surface area contributed by atoms with Gasteiger partial charge in [0.25, 0.3) is 0 Å². The molecule has 0 saturated heterocycles. The molecule has 116 valence electrons. The van der Waals surface area contributed by atoms with Crippen LogP contribution in [0.25, 0.3) is 0 Å². The third kappa shape index (κ3) is 4.17. The Morgan fingerprint density at radius 1 is 1.17 bits per heavy atom. The molecule has 0 atom stereocenters. The zero-order chi connectivity index (χ0) is 16.8. The van der Waals surface area contributed by atoms with Crippen LogP contribution >= 0.6 is 0 Å². The fraction of sp³-hybridized carbons (Fsp3) is 0.167. The molecule has 0 aliphatic carbocycles. The highest BCUT2D eigenvalue weighted by molar-refractivity contribution is 6.02. The molecular weight excluding hydrogens is 290 g/mol.